The van der Waals surface area contributed by atoms with Crippen molar-refractivity contribution in [3.05, 3.63) is 60.2 Å². The molecule has 0 saturated heterocycles. The van der Waals surface area contributed by atoms with Crippen molar-refractivity contribution in [1.82, 2.24) is 15.0 Å². The van der Waals surface area contributed by atoms with Crippen molar-refractivity contribution < 1.29 is 9.50 Å². The molecule has 26 heavy (non-hydrogen) atoms. The number of aromatic nitrogens is 3. The number of rotatable bonds is 7. The first-order valence-corrected chi connectivity index (χ1v) is 8.33. The molecule has 0 saturated carbocycles. The average molecular weight is 353 g/mol. The standard InChI is InChI=1S/C19H20FN5O/c1-13-11-15(20)3-4-16(13)23-18-12-17(14-5-8-21-9-6-14)24-19(25-18)22-7-2-10-26/h3-6,8-9,11-12,26H,2,7,10H2,1H3,(H2,22,23,24,25). The van der Waals surface area contributed by atoms with Gasteiger partial charge in [0.2, 0.25) is 5.95 Å². The molecule has 0 atom stereocenters. The summed E-state index contributed by atoms with van der Waals surface area (Å²) in [5.74, 6) is 0.766. The number of aliphatic hydroxyl groups is 1. The van der Waals surface area contributed by atoms with Gasteiger partial charge >= 0.3 is 0 Å². The van der Waals surface area contributed by atoms with Gasteiger partial charge in [-0.05, 0) is 49.2 Å². The number of hydrogen-bond donors (Lipinski definition) is 3. The van der Waals surface area contributed by atoms with Crippen LogP contribution in [0.25, 0.3) is 11.3 Å². The first-order valence-electron chi connectivity index (χ1n) is 8.33. The second kappa shape index (κ2) is 8.35. The minimum Gasteiger partial charge on any atom is -0.396 e. The van der Waals surface area contributed by atoms with Gasteiger partial charge in [0.15, 0.2) is 0 Å². The Kier molecular flexibility index (Phi) is 5.70. The van der Waals surface area contributed by atoms with Crippen molar-refractivity contribution >= 4 is 17.5 Å². The molecule has 0 aliphatic rings. The Morgan fingerprint density at radius 1 is 1.08 bits per heavy atom. The number of pyridine rings is 1. The summed E-state index contributed by atoms with van der Waals surface area (Å²) < 4.78 is 13.3. The molecule has 134 valence electrons. The molecule has 7 heteroatoms. The first-order chi connectivity index (χ1) is 12.7. The molecular weight excluding hydrogens is 333 g/mol. The van der Waals surface area contributed by atoms with Crippen LogP contribution in [0.15, 0.2) is 48.8 Å². The number of aliphatic hydroxyl groups excluding tert-OH is 1. The third-order valence-corrected chi connectivity index (χ3v) is 3.77. The summed E-state index contributed by atoms with van der Waals surface area (Å²) in [6, 6.07) is 10.1. The summed E-state index contributed by atoms with van der Waals surface area (Å²) in [4.78, 5) is 13.0. The van der Waals surface area contributed by atoms with E-state index in [0.717, 1.165) is 22.5 Å². The van der Waals surface area contributed by atoms with Crippen LogP contribution in [0.4, 0.5) is 21.8 Å². The van der Waals surface area contributed by atoms with Crippen molar-refractivity contribution in [2.24, 2.45) is 0 Å². The normalized spacial score (nSPS) is 10.6. The van der Waals surface area contributed by atoms with E-state index in [9.17, 15) is 4.39 Å². The molecular formula is C19H20FN5O. The summed E-state index contributed by atoms with van der Waals surface area (Å²) in [7, 11) is 0. The molecule has 0 unspecified atom stereocenters. The second-order valence-corrected chi connectivity index (χ2v) is 5.79. The second-order valence-electron chi connectivity index (χ2n) is 5.79. The number of nitrogens with zero attached hydrogens (tertiary/aromatic N) is 3. The molecule has 3 aromatic rings. The third-order valence-electron chi connectivity index (χ3n) is 3.77. The predicted octanol–water partition coefficient (Wildman–Crippen LogP) is 3.52. The molecule has 0 aliphatic carbocycles. The molecule has 2 aromatic heterocycles. The fraction of sp³-hybridized carbons (Fsp3) is 0.211. The predicted molar refractivity (Wildman–Crippen MR) is 99.9 cm³/mol. The molecule has 0 fully saturated rings. The van der Waals surface area contributed by atoms with Gasteiger partial charge in [-0.15, -0.1) is 0 Å². The van der Waals surface area contributed by atoms with Crippen LogP contribution in [0.3, 0.4) is 0 Å². The zero-order chi connectivity index (χ0) is 18.4. The Bertz CT molecular complexity index is 873. The zero-order valence-electron chi connectivity index (χ0n) is 14.4. The molecule has 0 spiro atoms. The van der Waals surface area contributed by atoms with Crippen LogP contribution < -0.4 is 10.6 Å². The largest absolute Gasteiger partial charge is 0.396 e. The lowest BCUT2D eigenvalue weighted by molar-refractivity contribution is 0.292. The van der Waals surface area contributed by atoms with Crippen LogP contribution in [0.5, 0.6) is 0 Å². The van der Waals surface area contributed by atoms with Gasteiger partial charge in [0.25, 0.3) is 0 Å². The fourth-order valence-electron chi connectivity index (χ4n) is 2.45. The average Bonchev–Trinajstić information content (AvgIpc) is 2.65. The van der Waals surface area contributed by atoms with Gasteiger partial charge in [-0.1, -0.05) is 0 Å². The summed E-state index contributed by atoms with van der Waals surface area (Å²) in [6.45, 7) is 2.49. The van der Waals surface area contributed by atoms with Crippen LogP contribution in [-0.2, 0) is 0 Å². The van der Waals surface area contributed by atoms with Crippen molar-refractivity contribution in [2.45, 2.75) is 13.3 Å². The van der Waals surface area contributed by atoms with Crippen molar-refractivity contribution in [1.29, 1.82) is 0 Å². The smallest absolute Gasteiger partial charge is 0.225 e. The monoisotopic (exact) mass is 353 g/mol. The number of nitrogens with one attached hydrogen (secondary N) is 2. The van der Waals surface area contributed by atoms with Gasteiger partial charge < -0.3 is 15.7 Å². The summed E-state index contributed by atoms with van der Waals surface area (Å²) in [5.41, 5.74) is 3.19. The van der Waals surface area contributed by atoms with E-state index in [1.54, 1.807) is 18.5 Å². The molecule has 6 nitrogen and oxygen atoms in total. The number of hydrogen-bond acceptors (Lipinski definition) is 6. The van der Waals surface area contributed by atoms with Gasteiger partial charge in [0.05, 0.1) is 5.69 Å². The number of halogens is 1. The number of aryl methyl sites for hydroxylation is 1. The van der Waals surface area contributed by atoms with Crippen LogP contribution in [0, 0.1) is 12.7 Å². The van der Waals surface area contributed by atoms with Gasteiger partial charge in [0, 0.05) is 42.9 Å². The Labute approximate surface area is 151 Å². The van der Waals surface area contributed by atoms with E-state index in [1.165, 1.54) is 12.1 Å². The minimum atomic E-state index is -0.278. The highest BCUT2D eigenvalue weighted by molar-refractivity contribution is 5.68. The van der Waals surface area contributed by atoms with E-state index < -0.39 is 0 Å². The number of benzene rings is 1. The van der Waals surface area contributed by atoms with E-state index in [2.05, 4.69) is 25.6 Å². The highest BCUT2D eigenvalue weighted by atomic mass is 19.1. The van der Waals surface area contributed by atoms with Crippen molar-refractivity contribution in [3.63, 3.8) is 0 Å². The molecule has 0 aliphatic heterocycles. The first kappa shape index (κ1) is 17.8. The van der Waals surface area contributed by atoms with E-state index in [4.69, 9.17) is 5.11 Å². The lowest BCUT2D eigenvalue weighted by atomic mass is 10.1. The van der Waals surface area contributed by atoms with Gasteiger partial charge in [0.1, 0.15) is 11.6 Å². The van der Waals surface area contributed by atoms with Crippen LogP contribution in [0.2, 0.25) is 0 Å². The van der Waals surface area contributed by atoms with E-state index in [-0.39, 0.29) is 12.4 Å². The quantitative estimate of drug-likeness (QED) is 0.564. The molecule has 3 rings (SSSR count). The maximum absolute atomic E-state index is 13.3. The van der Waals surface area contributed by atoms with Gasteiger partial charge in [-0.25, -0.2) is 9.37 Å². The topological polar surface area (TPSA) is 83.0 Å². The van der Waals surface area contributed by atoms with Gasteiger partial charge in [-0.3, -0.25) is 4.98 Å². The lowest BCUT2D eigenvalue weighted by Gasteiger charge is -2.13. The Morgan fingerprint density at radius 3 is 2.62 bits per heavy atom. The Hall–Kier alpha value is -3.06. The maximum Gasteiger partial charge on any atom is 0.225 e. The van der Waals surface area contributed by atoms with Crippen LogP contribution in [0.1, 0.15) is 12.0 Å². The van der Waals surface area contributed by atoms with E-state index in [0.29, 0.717) is 24.7 Å². The summed E-state index contributed by atoms with van der Waals surface area (Å²) >= 11 is 0. The van der Waals surface area contributed by atoms with E-state index >= 15 is 0 Å². The molecule has 1 aromatic carbocycles. The highest BCUT2D eigenvalue weighted by Gasteiger charge is 2.08. The Balaban J connectivity index is 1.93. The van der Waals surface area contributed by atoms with Crippen LogP contribution >= 0.6 is 0 Å². The molecule has 2 heterocycles. The van der Waals surface area contributed by atoms with Crippen molar-refractivity contribution in [2.75, 3.05) is 23.8 Å². The zero-order valence-corrected chi connectivity index (χ0v) is 14.4. The summed E-state index contributed by atoms with van der Waals surface area (Å²) in [6.07, 6.45) is 4.00. The Morgan fingerprint density at radius 2 is 1.88 bits per heavy atom. The van der Waals surface area contributed by atoms with Gasteiger partial charge in [-0.2, -0.15) is 4.98 Å². The fourth-order valence-corrected chi connectivity index (χ4v) is 2.45. The maximum atomic E-state index is 13.3. The van der Waals surface area contributed by atoms with E-state index in [1.807, 2.05) is 25.1 Å². The summed E-state index contributed by atoms with van der Waals surface area (Å²) in [5, 5.41) is 15.3. The molecule has 0 amide bonds. The van der Waals surface area contributed by atoms with Crippen LogP contribution in [-0.4, -0.2) is 33.2 Å². The third kappa shape index (κ3) is 4.52. The highest BCUT2D eigenvalue weighted by Crippen LogP contribution is 2.25. The molecule has 0 radical (unpaired) electrons. The van der Waals surface area contributed by atoms with Crippen molar-refractivity contribution in [3.8, 4) is 11.3 Å². The lowest BCUT2D eigenvalue weighted by Crippen LogP contribution is -2.09. The molecule has 0 bridgehead atoms. The number of anilines is 3. The SMILES string of the molecule is Cc1cc(F)ccc1Nc1cc(-c2ccncc2)nc(NCCCO)n1. The molecule has 3 N–H and O–H groups in total. The minimum absolute atomic E-state index is 0.0942.